The molecule has 38 heavy (non-hydrogen) atoms. The molecule has 2 aliphatic rings. The maximum Gasteiger partial charge on any atom is 0.297 e. The van der Waals surface area contributed by atoms with Crippen molar-refractivity contribution in [3.05, 3.63) is 82.4 Å². The van der Waals surface area contributed by atoms with Crippen LogP contribution in [0, 0.1) is 13.8 Å². The number of ether oxygens (including phenoxy) is 2. The van der Waals surface area contributed by atoms with E-state index in [0.29, 0.717) is 12.1 Å². The summed E-state index contributed by atoms with van der Waals surface area (Å²) in [6.45, 7) is 4.64. The predicted molar refractivity (Wildman–Crippen MR) is 133 cm³/mol. The minimum atomic E-state index is -3.88. The molecule has 5 heterocycles. The Kier molecular flexibility index (Phi) is 5.93. The first-order chi connectivity index (χ1) is 18.2. The van der Waals surface area contributed by atoms with Gasteiger partial charge in [-0.25, -0.2) is 22.2 Å². The lowest BCUT2D eigenvalue weighted by Gasteiger charge is -2.41. The van der Waals surface area contributed by atoms with Gasteiger partial charge in [-0.3, -0.25) is 4.40 Å². The van der Waals surface area contributed by atoms with Crippen LogP contribution in [0.4, 0.5) is 8.78 Å². The number of aryl methyl sites for hydroxylation is 2. The van der Waals surface area contributed by atoms with Gasteiger partial charge < -0.3 is 9.47 Å². The summed E-state index contributed by atoms with van der Waals surface area (Å²) in [6.07, 6.45) is 0.873. The van der Waals surface area contributed by atoms with E-state index in [1.54, 1.807) is 18.3 Å². The Morgan fingerprint density at radius 1 is 1.11 bits per heavy atom. The highest BCUT2D eigenvalue weighted by atomic mass is 32.2. The minimum Gasteiger partial charge on any atom is -0.464 e. The highest BCUT2D eigenvalue weighted by Crippen LogP contribution is 2.37. The second-order valence-electron chi connectivity index (χ2n) is 9.81. The van der Waals surface area contributed by atoms with E-state index in [0.717, 1.165) is 27.8 Å². The van der Waals surface area contributed by atoms with Crippen molar-refractivity contribution in [1.29, 1.82) is 0 Å². The Bertz CT molecular complexity index is 1650. The molecule has 0 unspecified atom stereocenters. The minimum absolute atomic E-state index is 0.0398. The first-order valence-corrected chi connectivity index (χ1v) is 13.5. The standard InChI is InChI=1S/C26H25F2N5O4S/c1-16-5-6-18(10-19-7-9-33-23(17(19)2)30-31-24(33)22(27)28)11-20(16)12-32-13-26(14-36-15-26)37-25-21(38(32,34)35)4-3-8-29-25/h3-9,11,22H,10,12-15H2,1-2H3. The summed E-state index contributed by atoms with van der Waals surface area (Å²) in [7, 11) is -3.88. The third-order valence-corrected chi connectivity index (χ3v) is 8.98. The number of alkyl halides is 2. The van der Waals surface area contributed by atoms with Gasteiger partial charge in [0.2, 0.25) is 21.7 Å². The predicted octanol–water partition coefficient (Wildman–Crippen LogP) is 3.62. The lowest BCUT2D eigenvalue weighted by Crippen LogP contribution is -2.60. The lowest BCUT2D eigenvalue weighted by atomic mass is 9.97. The normalized spacial score (nSPS) is 18.2. The van der Waals surface area contributed by atoms with Crippen LogP contribution in [-0.4, -0.2) is 57.7 Å². The van der Waals surface area contributed by atoms with Gasteiger partial charge in [-0.05, 0) is 66.3 Å². The SMILES string of the molecule is Cc1ccc(Cc2ccn3c(C(F)F)nnc3c2C)cc1CN1CC2(COC2)Oc2ncccc2S1(=O)=O. The number of benzene rings is 1. The molecule has 6 rings (SSSR count). The van der Waals surface area contributed by atoms with Crippen LogP contribution in [0.3, 0.4) is 0 Å². The van der Waals surface area contributed by atoms with Gasteiger partial charge in [-0.2, -0.15) is 4.31 Å². The van der Waals surface area contributed by atoms with Crippen molar-refractivity contribution in [2.75, 3.05) is 19.8 Å². The quantitative estimate of drug-likeness (QED) is 0.381. The molecule has 0 aliphatic carbocycles. The van der Waals surface area contributed by atoms with Crippen LogP contribution in [0.25, 0.3) is 5.65 Å². The molecule has 12 heteroatoms. The molecular formula is C26H25F2N5O4S. The van der Waals surface area contributed by atoms with Gasteiger partial charge in [-0.1, -0.05) is 18.2 Å². The number of fused-ring (bicyclic) bond motifs is 2. The molecule has 1 saturated heterocycles. The molecule has 1 fully saturated rings. The van der Waals surface area contributed by atoms with E-state index in [1.165, 1.54) is 21.0 Å². The van der Waals surface area contributed by atoms with Gasteiger partial charge in [0.05, 0.1) is 19.8 Å². The molecule has 0 bridgehead atoms. The van der Waals surface area contributed by atoms with Crippen molar-refractivity contribution in [3.63, 3.8) is 0 Å². The second-order valence-corrected chi connectivity index (χ2v) is 11.7. The summed E-state index contributed by atoms with van der Waals surface area (Å²) in [5, 5.41) is 7.59. The summed E-state index contributed by atoms with van der Waals surface area (Å²) in [4.78, 5) is 4.22. The Morgan fingerprint density at radius 2 is 1.92 bits per heavy atom. The molecule has 0 atom stereocenters. The average molecular weight is 542 g/mol. The summed E-state index contributed by atoms with van der Waals surface area (Å²) in [5.41, 5.74) is 4.06. The molecule has 1 spiro atoms. The number of halogens is 2. The van der Waals surface area contributed by atoms with E-state index < -0.39 is 22.0 Å². The van der Waals surface area contributed by atoms with Crippen molar-refractivity contribution in [3.8, 4) is 5.88 Å². The van der Waals surface area contributed by atoms with Gasteiger partial charge in [0.15, 0.2) is 11.2 Å². The topological polar surface area (TPSA) is 98.9 Å². The smallest absolute Gasteiger partial charge is 0.297 e. The van der Waals surface area contributed by atoms with Crippen molar-refractivity contribution in [2.24, 2.45) is 0 Å². The largest absolute Gasteiger partial charge is 0.464 e. The monoisotopic (exact) mass is 541 g/mol. The van der Waals surface area contributed by atoms with E-state index in [1.807, 2.05) is 32.0 Å². The van der Waals surface area contributed by atoms with E-state index in [9.17, 15) is 17.2 Å². The third kappa shape index (κ3) is 4.12. The van der Waals surface area contributed by atoms with Crippen molar-refractivity contribution >= 4 is 15.7 Å². The summed E-state index contributed by atoms with van der Waals surface area (Å²) in [5.74, 6) is -0.292. The molecule has 0 N–H and O–H groups in total. The van der Waals surface area contributed by atoms with E-state index in [2.05, 4.69) is 15.2 Å². The number of pyridine rings is 2. The van der Waals surface area contributed by atoms with Gasteiger partial charge >= 0.3 is 0 Å². The Balaban J connectivity index is 1.32. The maximum absolute atomic E-state index is 13.7. The molecule has 4 aromatic rings. The van der Waals surface area contributed by atoms with Crippen LogP contribution >= 0.6 is 0 Å². The molecule has 1 aromatic carbocycles. The fourth-order valence-electron chi connectivity index (χ4n) is 4.95. The maximum atomic E-state index is 13.7. The number of sulfonamides is 1. The van der Waals surface area contributed by atoms with Crippen LogP contribution in [-0.2, 0) is 27.7 Å². The summed E-state index contributed by atoms with van der Waals surface area (Å²) >= 11 is 0. The molecule has 2 aliphatic heterocycles. The summed E-state index contributed by atoms with van der Waals surface area (Å²) in [6, 6.07) is 10.8. The van der Waals surface area contributed by atoms with Crippen molar-refractivity contribution in [1.82, 2.24) is 23.9 Å². The van der Waals surface area contributed by atoms with Crippen LogP contribution < -0.4 is 4.74 Å². The van der Waals surface area contributed by atoms with E-state index in [4.69, 9.17) is 9.47 Å². The highest BCUT2D eigenvalue weighted by molar-refractivity contribution is 7.89. The fourth-order valence-corrected chi connectivity index (χ4v) is 6.51. The van der Waals surface area contributed by atoms with Crippen LogP contribution in [0.5, 0.6) is 5.88 Å². The zero-order chi connectivity index (χ0) is 26.7. The first-order valence-electron chi connectivity index (χ1n) is 12.1. The molecule has 0 saturated carbocycles. The number of nitrogens with zero attached hydrogens (tertiary/aromatic N) is 5. The van der Waals surface area contributed by atoms with Gasteiger partial charge in [0.25, 0.3) is 6.43 Å². The lowest BCUT2D eigenvalue weighted by molar-refractivity contribution is -0.166. The summed E-state index contributed by atoms with van der Waals surface area (Å²) < 4.78 is 68.0. The number of hydrogen-bond acceptors (Lipinski definition) is 7. The Morgan fingerprint density at radius 3 is 2.66 bits per heavy atom. The van der Waals surface area contributed by atoms with Gasteiger partial charge in [0.1, 0.15) is 4.90 Å². The highest BCUT2D eigenvalue weighted by Gasteiger charge is 2.49. The number of hydrogen-bond donors (Lipinski definition) is 0. The van der Waals surface area contributed by atoms with Crippen LogP contribution in [0.2, 0.25) is 0 Å². The first kappa shape index (κ1) is 24.8. The van der Waals surface area contributed by atoms with Crippen LogP contribution in [0.1, 0.15) is 40.1 Å². The zero-order valence-electron chi connectivity index (χ0n) is 20.8. The van der Waals surface area contributed by atoms with E-state index in [-0.39, 0.29) is 42.9 Å². The molecule has 0 amide bonds. The number of aromatic nitrogens is 4. The second kappa shape index (κ2) is 9.07. The average Bonchev–Trinajstić information content (AvgIpc) is 3.27. The molecular weight excluding hydrogens is 516 g/mol. The van der Waals surface area contributed by atoms with E-state index >= 15 is 0 Å². The Labute approximate surface area is 218 Å². The third-order valence-electron chi connectivity index (χ3n) is 7.18. The van der Waals surface area contributed by atoms with Crippen molar-refractivity contribution in [2.45, 2.75) is 43.7 Å². The van der Waals surface area contributed by atoms with Crippen molar-refractivity contribution < 1.29 is 26.7 Å². The molecule has 9 nitrogen and oxygen atoms in total. The Hall–Kier alpha value is -3.48. The van der Waals surface area contributed by atoms with Gasteiger partial charge in [-0.15, -0.1) is 10.2 Å². The molecule has 0 radical (unpaired) electrons. The fraction of sp³-hybridized carbons (Fsp3) is 0.346. The molecule has 3 aromatic heterocycles. The van der Waals surface area contributed by atoms with Crippen LogP contribution in [0.15, 0.2) is 53.7 Å². The number of rotatable bonds is 5. The van der Waals surface area contributed by atoms with Gasteiger partial charge in [0, 0.05) is 18.9 Å². The zero-order valence-corrected chi connectivity index (χ0v) is 21.6. The molecule has 198 valence electrons.